The molecule has 1 N–H and O–H groups in total. The predicted octanol–water partition coefficient (Wildman–Crippen LogP) is 2.13. The van der Waals surface area contributed by atoms with E-state index >= 15 is 0 Å². The first-order valence-electron chi connectivity index (χ1n) is 6.04. The number of aliphatic hydroxyl groups is 1. The first-order chi connectivity index (χ1) is 7.39. The van der Waals surface area contributed by atoms with Crippen molar-refractivity contribution in [2.45, 2.75) is 50.9 Å². The number of rotatable bonds is 2. The Morgan fingerprint density at radius 1 is 1.44 bits per heavy atom. The van der Waals surface area contributed by atoms with Crippen molar-refractivity contribution in [3.05, 3.63) is 17.5 Å². The van der Waals surface area contributed by atoms with E-state index in [4.69, 9.17) is 0 Å². The third-order valence-corrected chi connectivity index (χ3v) is 3.72. The van der Waals surface area contributed by atoms with E-state index in [0.717, 1.165) is 18.5 Å². The number of nitrogens with zero attached hydrogens (tertiary/aromatic N) is 2. The lowest BCUT2D eigenvalue weighted by molar-refractivity contribution is 0.118. The second-order valence-corrected chi connectivity index (χ2v) is 6.11. The van der Waals surface area contributed by atoms with Crippen molar-refractivity contribution in [1.82, 2.24) is 9.78 Å². The summed E-state index contributed by atoms with van der Waals surface area (Å²) in [6.45, 7) is 6.80. The molecule has 1 aliphatic rings. The van der Waals surface area contributed by atoms with E-state index in [1.54, 1.807) is 0 Å². The van der Waals surface area contributed by atoms with Crippen LogP contribution >= 0.6 is 0 Å². The van der Waals surface area contributed by atoms with Crippen LogP contribution < -0.4 is 0 Å². The molecule has 0 unspecified atom stereocenters. The highest BCUT2D eigenvalue weighted by Crippen LogP contribution is 2.46. The van der Waals surface area contributed by atoms with Gasteiger partial charge in [-0.25, -0.2) is 0 Å². The third-order valence-electron chi connectivity index (χ3n) is 3.72. The van der Waals surface area contributed by atoms with E-state index in [1.165, 1.54) is 12.0 Å². The van der Waals surface area contributed by atoms with E-state index in [1.807, 2.05) is 11.7 Å². The molecule has 1 aromatic rings. The summed E-state index contributed by atoms with van der Waals surface area (Å²) in [6, 6.07) is 0. The van der Waals surface area contributed by atoms with Crippen LogP contribution in [0.15, 0.2) is 6.20 Å². The molecule has 0 aromatic carbocycles. The summed E-state index contributed by atoms with van der Waals surface area (Å²) in [6.07, 6.45) is 5.51. The molecule has 1 aliphatic carbocycles. The number of aromatic nitrogens is 2. The fraction of sp³-hybridized carbons (Fsp3) is 0.769. The van der Waals surface area contributed by atoms with E-state index in [-0.39, 0.29) is 17.4 Å². The van der Waals surface area contributed by atoms with E-state index in [2.05, 4.69) is 32.1 Å². The fourth-order valence-electron chi connectivity index (χ4n) is 2.55. The fourth-order valence-corrected chi connectivity index (χ4v) is 2.55. The van der Waals surface area contributed by atoms with Crippen molar-refractivity contribution in [1.29, 1.82) is 0 Å². The molecule has 16 heavy (non-hydrogen) atoms. The third kappa shape index (κ3) is 1.67. The summed E-state index contributed by atoms with van der Waals surface area (Å²) in [7, 11) is 1.96. The van der Waals surface area contributed by atoms with Gasteiger partial charge in [0.1, 0.15) is 0 Å². The molecule has 0 radical (unpaired) electrons. The lowest BCUT2D eigenvalue weighted by atomic mass is 9.63. The van der Waals surface area contributed by atoms with Gasteiger partial charge < -0.3 is 5.11 Å². The lowest BCUT2D eigenvalue weighted by Crippen LogP contribution is -2.39. The van der Waals surface area contributed by atoms with Crippen LogP contribution in [0.3, 0.4) is 0 Å². The van der Waals surface area contributed by atoms with E-state index in [9.17, 15) is 5.11 Å². The van der Waals surface area contributed by atoms with Crippen molar-refractivity contribution >= 4 is 0 Å². The van der Waals surface area contributed by atoms with E-state index < -0.39 is 0 Å². The van der Waals surface area contributed by atoms with Gasteiger partial charge in [0.2, 0.25) is 0 Å². The Balaban J connectivity index is 2.48. The Morgan fingerprint density at radius 3 is 2.44 bits per heavy atom. The summed E-state index contributed by atoms with van der Waals surface area (Å²) in [5.74, 6) is 0. The van der Waals surface area contributed by atoms with E-state index in [0.29, 0.717) is 0 Å². The zero-order chi connectivity index (χ0) is 12.0. The van der Waals surface area contributed by atoms with Gasteiger partial charge in [0, 0.05) is 29.6 Å². The Kier molecular flexibility index (Phi) is 2.61. The van der Waals surface area contributed by atoms with Gasteiger partial charge in [0.05, 0.1) is 12.3 Å². The number of aliphatic hydroxyl groups excluding tert-OH is 1. The number of hydrogen-bond acceptors (Lipinski definition) is 2. The van der Waals surface area contributed by atoms with Crippen LogP contribution in [-0.2, 0) is 17.9 Å². The monoisotopic (exact) mass is 222 g/mol. The molecule has 90 valence electrons. The van der Waals surface area contributed by atoms with Gasteiger partial charge >= 0.3 is 0 Å². The highest BCUT2D eigenvalue weighted by Gasteiger charge is 2.42. The van der Waals surface area contributed by atoms with Crippen LogP contribution in [0.2, 0.25) is 0 Å². The Bertz CT molecular complexity index is 378. The normalized spacial score (nSPS) is 19.6. The van der Waals surface area contributed by atoms with Crippen LogP contribution in [-0.4, -0.2) is 21.5 Å². The smallest absolute Gasteiger partial charge is 0.0716 e. The molecule has 3 nitrogen and oxygen atoms in total. The largest absolute Gasteiger partial charge is 0.395 e. The topological polar surface area (TPSA) is 38.0 Å². The highest BCUT2D eigenvalue weighted by molar-refractivity contribution is 5.34. The SMILES string of the molecule is Cn1cc(C2(CO)CCC2)c(C(C)(C)C)n1. The van der Waals surface area contributed by atoms with Gasteiger partial charge in [0.25, 0.3) is 0 Å². The molecule has 1 heterocycles. The molecule has 1 saturated carbocycles. The summed E-state index contributed by atoms with van der Waals surface area (Å²) >= 11 is 0. The van der Waals surface area contributed by atoms with Crippen LogP contribution in [0, 0.1) is 0 Å². The van der Waals surface area contributed by atoms with Gasteiger partial charge in [-0.1, -0.05) is 27.2 Å². The molecule has 0 bridgehead atoms. The average molecular weight is 222 g/mol. The van der Waals surface area contributed by atoms with Crippen molar-refractivity contribution in [3.63, 3.8) is 0 Å². The van der Waals surface area contributed by atoms with Gasteiger partial charge in [0.15, 0.2) is 0 Å². The van der Waals surface area contributed by atoms with Crippen LogP contribution in [0.25, 0.3) is 0 Å². The molecule has 0 spiro atoms. The molecule has 0 aliphatic heterocycles. The van der Waals surface area contributed by atoms with Crippen molar-refractivity contribution < 1.29 is 5.11 Å². The minimum Gasteiger partial charge on any atom is -0.395 e. The predicted molar refractivity (Wildman–Crippen MR) is 64.5 cm³/mol. The van der Waals surface area contributed by atoms with Gasteiger partial charge in [-0.05, 0) is 12.8 Å². The molecule has 1 aromatic heterocycles. The summed E-state index contributed by atoms with van der Waals surface area (Å²) in [5, 5.41) is 14.2. The first kappa shape index (κ1) is 11.6. The standard InChI is InChI=1S/C13H22N2O/c1-12(2,3)11-10(8-15(4)14-11)13(9-16)6-5-7-13/h8,16H,5-7,9H2,1-4H3. The highest BCUT2D eigenvalue weighted by atomic mass is 16.3. The Hall–Kier alpha value is -0.830. The van der Waals surface area contributed by atoms with Gasteiger partial charge in [-0.15, -0.1) is 0 Å². The molecular weight excluding hydrogens is 200 g/mol. The summed E-state index contributed by atoms with van der Waals surface area (Å²) in [5.41, 5.74) is 2.45. The Labute approximate surface area is 97.5 Å². The molecule has 2 rings (SSSR count). The first-order valence-corrected chi connectivity index (χ1v) is 6.04. The molecule has 3 heteroatoms. The maximum absolute atomic E-state index is 9.65. The van der Waals surface area contributed by atoms with Crippen LogP contribution in [0.4, 0.5) is 0 Å². The Morgan fingerprint density at radius 2 is 2.06 bits per heavy atom. The molecule has 0 saturated heterocycles. The minimum absolute atomic E-state index is 0.00310. The second-order valence-electron chi connectivity index (χ2n) is 6.11. The molecular formula is C13H22N2O. The number of aryl methyl sites for hydroxylation is 1. The second kappa shape index (κ2) is 3.59. The van der Waals surface area contributed by atoms with Crippen molar-refractivity contribution in [2.75, 3.05) is 6.61 Å². The number of hydrogen-bond donors (Lipinski definition) is 1. The quantitative estimate of drug-likeness (QED) is 0.832. The van der Waals surface area contributed by atoms with Gasteiger partial charge in [-0.3, -0.25) is 4.68 Å². The maximum atomic E-state index is 9.65. The zero-order valence-corrected chi connectivity index (χ0v) is 10.7. The molecule has 0 amide bonds. The van der Waals surface area contributed by atoms with Gasteiger partial charge in [-0.2, -0.15) is 5.10 Å². The molecule has 1 fully saturated rings. The lowest BCUT2D eigenvalue weighted by Gasteiger charge is -2.41. The van der Waals surface area contributed by atoms with Crippen molar-refractivity contribution in [3.8, 4) is 0 Å². The average Bonchev–Trinajstić information content (AvgIpc) is 2.46. The minimum atomic E-state index is -0.00310. The van der Waals surface area contributed by atoms with Crippen LogP contribution in [0.5, 0.6) is 0 Å². The maximum Gasteiger partial charge on any atom is 0.0716 e. The summed E-state index contributed by atoms with van der Waals surface area (Å²) < 4.78 is 1.88. The summed E-state index contributed by atoms with van der Waals surface area (Å²) in [4.78, 5) is 0. The van der Waals surface area contributed by atoms with Crippen molar-refractivity contribution in [2.24, 2.45) is 7.05 Å². The van der Waals surface area contributed by atoms with Crippen LogP contribution in [0.1, 0.15) is 51.3 Å². The zero-order valence-electron chi connectivity index (χ0n) is 10.7. The molecule has 0 atom stereocenters.